The number of nitrogens with zero attached hydrogens (tertiary/aromatic N) is 1. The fourth-order valence-electron chi connectivity index (χ4n) is 4.33. The molecule has 1 saturated heterocycles. The normalized spacial score (nSPS) is 17.2. The molecule has 0 radical (unpaired) electrons. The zero-order valence-electron chi connectivity index (χ0n) is 20.6. The van der Waals surface area contributed by atoms with Crippen molar-refractivity contribution in [3.05, 3.63) is 35.9 Å². The minimum Gasteiger partial charge on any atom is -0.345 e. The van der Waals surface area contributed by atoms with Gasteiger partial charge in [0.2, 0.25) is 29.3 Å². The van der Waals surface area contributed by atoms with E-state index in [9.17, 15) is 24.0 Å². The van der Waals surface area contributed by atoms with Crippen LogP contribution < -0.4 is 10.6 Å². The molecule has 1 aliphatic rings. The lowest BCUT2D eigenvalue weighted by molar-refractivity contribution is -0.143. The van der Waals surface area contributed by atoms with Crippen LogP contribution in [0.3, 0.4) is 0 Å². The fourth-order valence-corrected chi connectivity index (χ4v) is 4.33. The van der Waals surface area contributed by atoms with E-state index in [4.69, 9.17) is 0 Å². The molecule has 0 aromatic heterocycles. The Bertz CT molecular complexity index is 884. The quantitative estimate of drug-likeness (QED) is 0.454. The number of likely N-dealkylation sites (tertiary alicyclic amines) is 1. The van der Waals surface area contributed by atoms with Crippen molar-refractivity contribution in [1.29, 1.82) is 0 Å². The van der Waals surface area contributed by atoms with Gasteiger partial charge in [0, 0.05) is 19.9 Å². The van der Waals surface area contributed by atoms with Crippen LogP contribution in [0.25, 0.3) is 0 Å². The summed E-state index contributed by atoms with van der Waals surface area (Å²) in [5.74, 6) is -2.02. The molecule has 0 spiro atoms. The van der Waals surface area contributed by atoms with E-state index in [1.165, 1.54) is 11.8 Å². The standard InChI is InChI=1S/C26H37N3O5/c1-5-10-20(24(32)23(31)16-19-11-7-6-8-12-19)28-25(33)22-13-9-14-29(22)26(34)21(15-17(2)3)27-18(4)30/h6-8,11-12,17,20-22H,5,9-10,13-16H2,1-4H3,(H,27,30)(H,28,33)/t20-,21-,22-/m0/s1. The van der Waals surface area contributed by atoms with Gasteiger partial charge in [-0.3, -0.25) is 24.0 Å². The molecule has 1 aliphatic heterocycles. The zero-order chi connectivity index (χ0) is 25.3. The number of ketones is 2. The Labute approximate surface area is 201 Å². The van der Waals surface area contributed by atoms with Gasteiger partial charge in [-0.25, -0.2) is 0 Å². The smallest absolute Gasteiger partial charge is 0.245 e. The maximum Gasteiger partial charge on any atom is 0.245 e. The number of carbonyl (C=O) groups is 5. The predicted molar refractivity (Wildman–Crippen MR) is 129 cm³/mol. The first-order valence-electron chi connectivity index (χ1n) is 12.1. The summed E-state index contributed by atoms with van der Waals surface area (Å²) in [6, 6.07) is 6.65. The molecule has 2 rings (SSSR count). The van der Waals surface area contributed by atoms with Crippen LogP contribution in [0.2, 0.25) is 0 Å². The lowest BCUT2D eigenvalue weighted by atomic mass is 9.98. The van der Waals surface area contributed by atoms with Gasteiger partial charge in [-0.15, -0.1) is 0 Å². The molecule has 2 N–H and O–H groups in total. The van der Waals surface area contributed by atoms with Crippen LogP contribution in [0.1, 0.15) is 65.4 Å². The molecule has 0 aliphatic carbocycles. The summed E-state index contributed by atoms with van der Waals surface area (Å²) < 4.78 is 0. The summed E-state index contributed by atoms with van der Waals surface area (Å²) in [6.45, 7) is 7.57. The second kappa shape index (κ2) is 13.0. The molecule has 3 atom stereocenters. The summed E-state index contributed by atoms with van der Waals surface area (Å²) in [6.07, 6.45) is 2.52. The van der Waals surface area contributed by atoms with E-state index in [0.29, 0.717) is 38.6 Å². The maximum absolute atomic E-state index is 13.2. The van der Waals surface area contributed by atoms with Crippen molar-refractivity contribution in [2.45, 2.75) is 84.3 Å². The summed E-state index contributed by atoms with van der Waals surface area (Å²) >= 11 is 0. The van der Waals surface area contributed by atoms with Crippen molar-refractivity contribution >= 4 is 29.3 Å². The molecular weight excluding hydrogens is 434 g/mol. The number of nitrogens with one attached hydrogen (secondary N) is 2. The second-order valence-electron chi connectivity index (χ2n) is 9.37. The molecule has 1 aromatic rings. The number of Topliss-reactive ketones (excluding diaryl/α,β-unsaturated/α-hetero) is 2. The van der Waals surface area contributed by atoms with Crippen LogP contribution in [0.15, 0.2) is 30.3 Å². The van der Waals surface area contributed by atoms with Crippen LogP contribution in [0.5, 0.6) is 0 Å². The first-order valence-corrected chi connectivity index (χ1v) is 12.1. The van der Waals surface area contributed by atoms with Gasteiger partial charge in [-0.1, -0.05) is 57.5 Å². The van der Waals surface area contributed by atoms with Crippen molar-refractivity contribution in [2.75, 3.05) is 6.54 Å². The number of amides is 3. The summed E-state index contributed by atoms with van der Waals surface area (Å²) in [4.78, 5) is 64.9. The lowest BCUT2D eigenvalue weighted by Gasteiger charge is -2.30. The van der Waals surface area contributed by atoms with Crippen molar-refractivity contribution in [1.82, 2.24) is 15.5 Å². The van der Waals surface area contributed by atoms with Crippen LogP contribution in [-0.2, 0) is 30.4 Å². The molecule has 1 heterocycles. The molecule has 8 nitrogen and oxygen atoms in total. The third kappa shape index (κ3) is 7.78. The first-order chi connectivity index (χ1) is 16.1. The Balaban J connectivity index is 2.10. The Hall–Kier alpha value is -3.03. The lowest BCUT2D eigenvalue weighted by Crippen LogP contribution is -2.55. The van der Waals surface area contributed by atoms with E-state index in [2.05, 4.69) is 10.6 Å². The van der Waals surface area contributed by atoms with Gasteiger partial charge in [0.1, 0.15) is 12.1 Å². The molecule has 34 heavy (non-hydrogen) atoms. The topological polar surface area (TPSA) is 113 Å². The van der Waals surface area contributed by atoms with Gasteiger partial charge in [0.25, 0.3) is 0 Å². The SMILES string of the molecule is CCC[C@H](NC(=O)[C@@H]1CCCN1C(=O)[C@H](CC(C)C)NC(C)=O)C(=O)C(=O)Cc1ccccc1. The number of hydrogen-bond acceptors (Lipinski definition) is 5. The Morgan fingerprint density at radius 3 is 2.29 bits per heavy atom. The molecule has 3 amide bonds. The molecule has 1 fully saturated rings. The summed E-state index contributed by atoms with van der Waals surface area (Å²) in [7, 11) is 0. The molecule has 0 unspecified atom stereocenters. The third-order valence-electron chi connectivity index (χ3n) is 5.91. The number of benzene rings is 1. The fraction of sp³-hybridized carbons (Fsp3) is 0.577. The molecule has 0 saturated carbocycles. The second-order valence-corrected chi connectivity index (χ2v) is 9.37. The van der Waals surface area contributed by atoms with Gasteiger partial charge < -0.3 is 15.5 Å². The van der Waals surface area contributed by atoms with Crippen LogP contribution in [0.4, 0.5) is 0 Å². The Morgan fingerprint density at radius 1 is 1.03 bits per heavy atom. The van der Waals surface area contributed by atoms with E-state index in [-0.39, 0.29) is 24.2 Å². The highest BCUT2D eigenvalue weighted by Crippen LogP contribution is 2.21. The molecule has 8 heteroatoms. The average Bonchev–Trinajstić information content (AvgIpc) is 3.27. The summed E-state index contributed by atoms with van der Waals surface area (Å²) in [5.41, 5.74) is 0.740. The Morgan fingerprint density at radius 2 is 1.71 bits per heavy atom. The highest BCUT2D eigenvalue weighted by molar-refractivity contribution is 6.39. The van der Waals surface area contributed by atoms with Gasteiger partial charge >= 0.3 is 0 Å². The van der Waals surface area contributed by atoms with Crippen molar-refractivity contribution < 1.29 is 24.0 Å². The average molecular weight is 472 g/mol. The van der Waals surface area contributed by atoms with E-state index in [1.54, 1.807) is 24.3 Å². The van der Waals surface area contributed by atoms with E-state index < -0.39 is 35.6 Å². The molecular formula is C26H37N3O5. The Kier molecular flexibility index (Phi) is 10.4. The van der Waals surface area contributed by atoms with Crippen LogP contribution in [0, 0.1) is 5.92 Å². The van der Waals surface area contributed by atoms with Crippen LogP contribution in [-0.4, -0.2) is 58.9 Å². The van der Waals surface area contributed by atoms with E-state index in [0.717, 1.165) is 5.56 Å². The van der Waals surface area contributed by atoms with Gasteiger partial charge in [-0.05, 0) is 37.2 Å². The first kappa shape index (κ1) is 27.2. The van der Waals surface area contributed by atoms with Gasteiger partial charge in [0.05, 0.1) is 6.04 Å². The molecule has 1 aromatic carbocycles. The maximum atomic E-state index is 13.2. The summed E-state index contributed by atoms with van der Waals surface area (Å²) in [5, 5.41) is 5.45. The predicted octanol–water partition coefficient (Wildman–Crippen LogP) is 2.19. The van der Waals surface area contributed by atoms with Crippen molar-refractivity contribution in [3.8, 4) is 0 Å². The minimum absolute atomic E-state index is 0.0165. The van der Waals surface area contributed by atoms with Gasteiger partial charge in [-0.2, -0.15) is 0 Å². The largest absolute Gasteiger partial charge is 0.345 e. The van der Waals surface area contributed by atoms with E-state index in [1.807, 2.05) is 26.8 Å². The number of hydrogen-bond donors (Lipinski definition) is 2. The highest BCUT2D eigenvalue weighted by atomic mass is 16.2. The van der Waals surface area contributed by atoms with Crippen molar-refractivity contribution in [2.24, 2.45) is 5.92 Å². The minimum atomic E-state index is -0.923. The highest BCUT2D eigenvalue weighted by Gasteiger charge is 2.39. The monoisotopic (exact) mass is 471 g/mol. The van der Waals surface area contributed by atoms with Gasteiger partial charge in [0.15, 0.2) is 0 Å². The van der Waals surface area contributed by atoms with E-state index >= 15 is 0 Å². The molecule has 0 bridgehead atoms. The number of rotatable bonds is 12. The molecule has 186 valence electrons. The zero-order valence-corrected chi connectivity index (χ0v) is 20.6. The van der Waals surface area contributed by atoms with Crippen molar-refractivity contribution in [3.63, 3.8) is 0 Å². The van der Waals surface area contributed by atoms with Crippen LogP contribution >= 0.6 is 0 Å². The number of carbonyl (C=O) groups excluding carboxylic acids is 5. The third-order valence-corrected chi connectivity index (χ3v) is 5.91.